The molecule has 13 nitrogen and oxygen atoms in total. The molecule has 1 saturated heterocycles. The van der Waals surface area contributed by atoms with Gasteiger partial charge in [-0.2, -0.15) is 4.39 Å². The molecule has 2 rings (SSSR count). The van der Waals surface area contributed by atoms with E-state index >= 15 is 0 Å². The molecule has 25 heavy (non-hydrogen) atoms. The molecule has 0 amide bonds. The molecule has 0 spiro atoms. The molecule has 0 radical (unpaired) electrons. The Morgan fingerprint density at radius 2 is 1.92 bits per heavy atom. The molecule has 3 atom stereocenters. The molecule has 0 bridgehead atoms. The molecule has 0 saturated carbocycles. The van der Waals surface area contributed by atoms with Crippen LogP contribution in [0.4, 0.5) is 4.39 Å². The normalized spacial score (nSPS) is 24.6. The molecular weight excluding hydrogens is 393 g/mol. The van der Waals surface area contributed by atoms with Crippen LogP contribution in [-0.4, -0.2) is 47.9 Å². The van der Waals surface area contributed by atoms with Crippen molar-refractivity contribution in [2.75, 3.05) is 6.61 Å². The minimum atomic E-state index is -5.01. The van der Waals surface area contributed by atoms with Crippen LogP contribution in [0.25, 0.3) is 0 Å². The predicted octanol–water partition coefficient (Wildman–Crippen LogP) is -1.45. The number of halogens is 1. The van der Waals surface area contributed by atoms with Gasteiger partial charge in [0.25, 0.3) is 5.56 Å². The summed E-state index contributed by atoms with van der Waals surface area (Å²) in [5, 5.41) is 0. The van der Waals surface area contributed by atoms with Gasteiger partial charge in [-0.25, -0.2) is 13.9 Å². The maximum atomic E-state index is 13.3. The molecule has 1 aromatic heterocycles. The highest BCUT2D eigenvalue weighted by Crippen LogP contribution is 2.44. The quantitative estimate of drug-likeness (QED) is 0.346. The first-order valence-electron chi connectivity index (χ1n) is 6.46. The fourth-order valence-electron chi connectivity index (χ4n) is 2.15. The van der Waals surface area contributed by atoms with Crippen molar-refractivity contribution in [3.63, 3.8) is 0 Å². The molecule has 1 aliphatic heterocycles. The maximum absolute atomic E-state index is 13.3. The van der Waals surface area contributed by atoms with Crippen LogP contribution in [0.1, 0.15) is 12.6 Å². The van der Waals surface area contributed by atoms with Crippen molar-refractivity contribution in [2.45, 2.75) is 24.9 Å². The summed E-state index contributed by atoms with van der Waals surface area (Å²) in [5.74, 6) is -1.31. The molecule has 3 unspecified atom stereocenters. The van der Waals surface area contributed by atoms with Crippen LogP contribution >= 0.6 is 15.6 Å². The van der Waals surface area contributed by atoms with Gasteiger partial charge in [0, 0.05) is 6.42 Å². The van der Waals surface area contributed by atoms with Gasteiger partial charge in [0.05, 0.1) is 12.8 Å². The fraction of sp³-hybridized carbons (Fsp3) is 0.556. The van der Waals surface area contributed by atoms with Crippen LogP contribution in [-0.2, 0) is 22.9 Å². The van der Waals surface area contributed by atoms with Crippen molar-refractivity contribution >= 4 is 15.6 Å². The van der Waals surface area contributed by atoms with Crippen LogP contribution in [0.3, 0.4) is 0 Å². The van der Waals surface area contributed by atoms with Gasteiger partial charge in [-0.15, -0.1) is 0 Å². The van der Waals surface area contributed by atoms with E-state index in [1.165, 1.54) is 0 Å². The lowest BCUT2D eigenvalue weighted by atomic mass is 10.2. The van der Waals surface area contributed by atoms with Crippen LogP contribution in [0.5, 0.6) is 0 Å². The van der Waals surface area contributed by atoms with Crippen LogP contribution in [0.2, 0.25) is 0 Å². The van der Waals surface area contributed by atoms with Crippen molar-refractivity contribution < 1.29 is 46.9 Å². The van der Waals surface area contributed by atoms with Gasteiger partial charge in [0.15, 0.2) is 0 Å². The number of phosphoric ester groups is 2. The Labute approximate surface area is 137 Å². The second-order valence-corrected chi connectivity index (χ2v) is 7.36. The zero-order valence-corrected chi connectivity index (χ0v) is 13.9. The Morgan fingerprint density at radius 1 is 1.28 bits per heavy atom. The highest BCUT2D eigenvalue weighted by Gasteiger charge is 2.42. The standard InChI is InChI=1S/C9H13FN2O11P2/c10-4-2-12(9(14)11-8(4)13)7-1-5(23-25(18,19)20)6(22-7)3-21-24(15,16)17/h2,5-7H,1,3H2,(H,11,13,14)(H2,15,16,17)(H2,18,19,20). The van der Waals surface area contributed by atoms with Crippen molar-refractivity contribution in [1.82, 2.24) is 9.55 Å². The SMILES string of the molecule is O=c1[nH]c(=O)n(C2CC(OP(=O)(O)O)C(COP(=O)(O)O)O2)cc1F. The number of aromatic amines is 1. The molecule has 1 aromatic rings. The number of hydrogen-bond acceptors (Lipinski definition) is 7. The maximum Gasteiger partial charge on any atom is 0.469 e. The molecule has 16 heteroatoms. The summed E-state index contributed by atoms with van der Waals surface area (Å²) in [6.07, 6.45) is -4.04. The molecule has 5 N–H and O–H groups in total. The summed E-state index contributed by atoms with van der Waals surface area (Å²) >= 11 is 0. The van der Waals surface area contributed by atoms with E-state index in [1.54, 1.807) is 4.98 Å². The van der Waals surface area contributed by atoms with E-state index in [0.29, 0.717) is 10.8 Å². The van der Waals surface area contributed by atoms with Crippen LogP contribution < -0.4 is 11.2 Å². The summed E-state index contributed by atoms with van der Waals surface area (Å²) in [4.78, 5) is 59.5. The van der Waals surface area contributed by atoms with E-state index in [0.717, 1.165) is 0 Å². The summed E-state index contributed by atoms with van der Waals surface area (Å²) < 4.78 is 49.5. The topological polar surface area (TPSA) is 198 Å². The second kappa shape index (κ2) is 7.19. The van der Waals surface area contributed by atoms with Gasteiger partial charge >= 0.3 is 21.3 Å². The van der Waals surface area contributed by atoms with Crippen molar-refractivity contribution in [3.05, 3.63) is 32.9 Å². The monoisotopic (exact) mass is 406 g/mol. The first kappa shape index (κ1) is 20.1. The third-order valence-corrected chi connectivity index (χ3v) is 4.13. The first-order valence-corrected chi connectivity index (χ1v) is 9.52. The summed E-state index contributed by atoms with van der Waals surface area (Å²) in [6, 6.07) is 0. The zero-order chi connectivity index (χ0) is 19.0. The minimum Gasteiger partial charge on any atom is -0.349 e. The number of nitrogens with one attached hydrogen (secondary N) is 1. The Balaban J connectivity index is 2.26. The van der Waals surface area contributed by atoms with E-state index < -0.39 is 64.2 Å². The van der Waals surface area contributed by atoms with E-state index in [9.17, 15) is 23.1 Å². The number of aromatic nitrogens is 2. The van der Waals surface area contributed by atoms with Crippen molar-refractivity contribution in [1.29, 1.82) is 0 Å². The average molecular weight is 406 g/mol. The van der Waals surface area contributed by atoms with Crippen molar-refractivity contribution in [3.8, 4) is 0 Å². The number of nitrogens with zero attached hydrogens (tertiary/aromatic N) is 1. The molecule has 0 aliphatic carbocycles. The average Bonchev–Trinajstić information content (AvgIpc) is 2.80. The smallest absolute Gasteiger partial charge is 0.349 e. The van der Waals surface area contributed by atoms with Gasteiger partial charge in [0.1, 0.15) is 18.4 Å². The number of ether oxygens (including phenoxy) is 1. The lowest BCUT2D eigenvalue weighted by Crippen LogP contribution is -2.34. The third kappa shape index (κ3) is 5.64. The summed E-state index contributed by atoms with van der Waals surface area (Å²) in [7, 11) is -9.93. The van der Waals surface area contributed by atoms with E-state index in [2.05, 4.69) is 9.05 Å². The lowest BCUT2D eigenvalue weighted by Gasteiger charge is -2.19. The third-order valence-electron chi connectivity index (χ3n) is 3.09. The minimum absolute atomic E-state index is 0.397. The Morgan fingerprint density at radius 3 is 2.48 bits per heavy atom. The number of H-pyrrole nitrogens is 1. The van der Waals surface area contributed by atoms with Gasteiger partial charge in [-0.3, -0.25) is 23.4 Å². The lowest BCUT2D eigenvalue weighted by molar-refractivity contribution is -0.0447. The number of phosphoric acid groups is 2. The van der Waals surface area contributed by atoms with E-state index in [-0.39, 0.29) is 0 Å². The molecule has 1 fully saturated rings. The zero-order valence-electron chi connectivity index (χ0n) is 12.1. The largest absolute Gasteiger partial charge is 0.469 e. The predicted molar refractivity (Wildman–Crippen MR) is 74.7 cm³/mol. The highest BCUT2D eigenvalue weighted by molar-refractivity contribution is 7.46. The van der Waals surface area contributed by atoms with Crippen LogP contribution in [0.15, 0.2) is 15.8 Å². The summed E-state index contributed by atoms with van der Waals surface area (Å²) in [6.45, 7) is -0.827. The van der Waals surface area contributed by atoms with Gasteiger partial charge in [0.2, 0.25) is 5.82 Å². The molecular formula is C9H13FN2O11P2. The van der Waals surface area contributed by atoms with E-state index in [1.807, 2.05) is 0 Å². The van der Waals surface area contributed by atoms with Crippen molar-refractivity contribution in [2.24, 2.45) is 0 Å². The Bertz CT molecular complexity index is 841. The second-order valence-electron chi connectivity index (χ2n) is 4.93. The molecule has 1 aliphatic rings. The van der Waals surface area contributed by atoms with Gasteiger partial charge in [-0.1, -0.05) is 0 Å². The number of hydrogen-bond donors (Lipinski definition) is 5. The first-order chi connectivity index (χ1) is 11.4. The number of rotatable bonds is 6. The molecule has 2 heterocycles. The van der Waals surface area contributed by atoms with Crippen LogP contribution in [0, 0.1) is 5.82 Å². The van der Waals surface area contributed by atoms with Gasteiger partial charge in [-0.05, 0) is 0 Å². The highest BCUT2D eigenvalue weighted by atomic mass is 31.2. The fourth-order valence-corrected chi connectivity index (χ4v) is 3.07. The molecule has 142 valence electrons. The van der Waals surface area contributed by atoms with Gasteiger partial charge < -0.3 is 24.3 Å². The molecule has 0 aromatic carbocycles. The Kier molecular flexibility index (Phi) is 5.78. The van der Waals surface area contributed by atoms with E-state index in [4.69, 9.17) is 24.3 Å². The Hall–Kier alpha value is -1.21. The summed E-state index contributed by atoms with van der Waals surface area (Å²) in [5.41, 5.74) is -2.34.